The minimum Gasteiger partial charge on any atom is -0.381 e. The minimum absolute atomic E-state index is 0.336. The van der Waals surface area contributed by atoms with Gasteiger partial charge >= 0.3 is 0 Å². The molecule has 15 heavy (non-hydrogen) atoms. The van der Waals surface area contributed by atoms with Crippen LogP contribution >= 0.6 is 0 Å². The van der Waals surface area contributed by atoms with Crippen molar-refractivity contribution in [2.75, 3.05) is 5.73 Å². The number of nitrogens with two attached hydrogens (primary N) is 1. The molecule has 1 heterocycles. The average molecular weight is 206 g/mol. The Morgan fingerprint density at radius 2 is 2.13 bits per heavy atom. The Hall–Kier alpha value is -1.91. The Balaban J connectivity index is 2.59. The highest BCUT2D eigenvalue weighted by molar-refractivity contribution is 5.41. The maximum absolute atomic E-state index is 13.5. The molecule has 2 rings (SSSR count). The van der Waals surface area contributed by atoms with Crippen LogP contribution in [0.25, 0.3) is 5.69 Å². The van der Waals surface area contributed by atoms with Gasteiger partial charge in [-0.25, -0.2) is 9.07 Å². The topological polar surface area (TPSA) is 56.7 Å². The van der Waals surface area contributed by atoms with E-state index in [0.29, 0.717) is 17.9 Å². The third-order valence-electron chi connectivity index (χ3n) is 2.21. The maximum Gasteiger partial charge on any atom is 0.169 e. The number of nitrogen functional groups attached to an aromatic ring is 1. The molecule has 2 aromatic rings. The van der Waals surface area contributed by atoms with Crippen LogP contribution in [-0.2, 0) is 6.42 Å². The van der Waals surface area contributed by atoms with Crippen molar-refractivity contribution in [3.63, 3.8) is 0 Å². The highest BCUT2D eigenvalue weighted by Gasteiger charge is 2.12. The smallest absolute Gasteiger partial charge is 0.169 e. The number of hydrogen-bond donors (Lipinski definition) is 1. The van der Waals surface area contributed by atoms with E-state index < -0.39 is 0 Å². The van der Waals surface area contributed by atoms with Crippen LogP contribution in [0.2, 0.25) is 0 Å². The van der Waals surface area contributed by atoms with E-state index in [1.54, 1.807) is 18.2 Å². The van der Waals surface area contributed by atoms with E-state index in [1.807, 2.05) is 6.92 Å². The number of rotatable bonds is 2. The number of aromatic nitrogens is 3. The van der Waals surface area contributed by atoms with Gasteiger partial charge in [-0.1, -0.05) is 24.3 Å². The van der Waals surface area contributed by atoms with Crippen molar-refractivity contribution in [3.8, 4) is 5.69 Å². The molecule has 5 heteroatoms. The quantitative estimate of drug-likeness (QED) is 0.811. The minimum atomic E-state index is -0.336. The molecule has 4 nitrogen and oxygen atoms in total. The molecule has 0 fully saturated rings. The summed E-state index contributed by atoms with van der Waals surface area (Å²) in [5, 5.41) is 7.55. The van der Waals surface area contributed by atoms with Crippen molar-refractivity contribution in [1.29, 1.82) is 0 Å². The van der Waals surface area contributed by atoms with Gasteiger partial charge < -0.3 is 5.73 Å². The summed E-state index contributed by atoms with van der Waals surface area (Å²) in [4.78, 5) is 0. The fourth-order valence-corrected chi connectivity index (χ4v) is 1.46. The first kappa shape index (κ1) is 9.64. The van der Waals surface area contributed by atoms with E-state index in [-0.39, 0.29) is 5.82 Å². The fraction of sp³-hybridized carbons (Fsp3) is 0.200. The summed E-state index contributed by atoms with van der Waals surface area (Å²) in [6.45, 7) is 1.92. The summed E-state index contributed by atoms with van der Waals surface area (Å²) in [6.07, 6.45) is 0.660. The van der Waals surface area contributed by atoms with Gasteiger partial charge in [-0.3, -0.25) is 0 Å². The lowest BCUT2D eigenvalue weighted by atomic mass is 10.2. The maximum atomic E-state index is 13.5. The molecule has 0 spiro atoms. The molecule has 0 aliphatic carbocycles. The Kier molecular flexibility index (Phi) is 2.37. The largest absolute Gasteiger partial charge is 0.381 e. The Bertz CT molecular complexity index is 478. The second-order valence-electron chi connectivity index (χ2n) is 3.14. The zero-order valence-corrected chi connectivity index (χ0v) is 8.31. The Labute approximate surface area is 86.5 Å². The van der Waals surface area contributed by atoms with Crippen LogP contribution in [0.1, 0.15) is 12.6 Å². The molecule has 0 aliphatic heterocycles. The summed E-state index contributed by atoms with van der Waals surface area (Å²) in [5.74, 6) is 0.0119. The SMILES string of the molecule is CCc1c(N)nnn1-c1ccccc1F. The lowest BCUT2D eigenvalue weighted by Crippen LogP contribution is -2.04. The predicted molar refractivity (Wildman–Crippen MR) is 55.1 cm³/mol. The first-order chi connectivity index (χ1) is 7.24. The highest BCUT2D eigenvalue weighted by Crippen LogP contribution is 2.17. The molecular weight excluding hydrogens is 195 g/mol. The molecule has 0 atom stereocenters. The Morgan fingerprint density at radius 3 is 2.80 bits per heavy atom. The zero-order chi connectivity index (χ0) is 10.8. The highest BCUT2D eigenvalue weighted by atomic mass is 19.1. The molecule has 0 aliphatic rings. The molecule has 0 bridgehead atoms. The third kappa shape index (κ3) is 1.56. The van der Waals surface area contributed by atoms with E-state index in [2.05, 4.69) is 10.3 Å². The molecule has 0 saturated heterocycles. The van der Waals surface area contributed by atoms with Gasteiger partial charge in [0.25, 0.3) is 0 Å². The van der Waals surface area contributed by atoms with Gasteiger partial charge in [0.1, 0.15) is 11.5 Å². The van der Waals surface area contributed by atoms with Crippen LogP contribution in [0.4, 0.5) is 10.2 Å². The summed E-state index contributed by atoms with van der Waals surface area (Å²) < 4.78 is 14.9. The number of hydrogen-bond acceptors (Lipinski definition) is 3. The third-order valence-corrected chi connectivity index (χ3v) is 2.21. The van der Waals surface area contributed by atoms with Gasteiger partial charge in [-0.05, 0) is 18.6 Å². The summed E-state index contributed by atoms with van der Waals surface area (Å²) in [5.41, 5.74) is 6.72. The number of halogens is 1. The van der Waals surface area contributed by atoms with Crippen LogP contribution in [0.3, 0.4) is 0 Å². The van der Waals surface area contributed by atoms with E-state index >= 15 is 0 Å². The number of nitrogens with zero attached hydrogens (tertiary/aromatic N) is 3. The van der Waals surface area contributed by atoms with Crippen molar-refractivity contribution < 1.29 is 4.39 Å². The molecular formula is C10H11FN4. The molecule has 2 N–H and O–H groups in total. The normalized spacial score (nSPS) is 10.5. The lowest BCUT2D eigenvalue weighted by Gasteiger charge is -2.05. The second kappa shape index (κ2) is 3.68. The van der Waals surface area contributed by atoms with Crippen molar-refractivity contribution in [1.82, 2.24) is 15.0 Å². The first-order valence-electron chi connectivity index (χ1n) is 4.69. The van der Waals surface area contributed by atoms with Gasteiger partial charge in [0.15, 0.2) is 5.82 Å². The lowest BCUT2D eigenvalue weighted by molar-refractivity contribution is 0.603. The van der Waals surface area contributed by atoms with Crippen LogP contribution in [0, 0.1) is 5.82 Å². The van der Waals surface area contributed by atoms with Gasteiger partial charge in [-0.2, -0.15) is 0 Å². The van der Waals surface area contributed by atoms with E-state index in [4.69, 9.17) is 5.73 Å². The van der Waals surface area contributed by atoms with Crippen molar-refractivity contribution >= 4 is 5.82 Å². The van der Waals surface area contributed by atoms with E-state index in [9.17, 15) is 4.39 Å². The number of anilines is 1. The molecule has 0 amide bonds. The van der Waals surface area contributed by atoms with E-state index in [1.165, 1.54) is 10.7 Å². The molecule has 0 unspecified atom stereocenters. The van der Waals surface area contributed by atoms with Gasteiger partial charge in [0.2, 0.25) is 0 Å². The molecule has 0 saturated carbocycles. The summed E-state index contributed by atoms with van der Waals surface area (Å²) in [6, 6.07) is 6.40. The molecule has 0 radical (unpaired) electrons. The Morgan fingerprint density at radius 1 is 1.40 bits per heavy atom. The molecule has 1 aromatic heterocycles. The van der Waals surface area contributed by atoms with Gasteiger partial charge in [-0.15, -0.1) is 5.10 Å². The van der Waals surface area contributed by atoms with Crippen molar-refractivity contribution in [3.05, 3.63) is 35.8 Å². The fourth-order valence-electron chi connectivity index (χ4n) is 1.46. The second-order valence-corrected chi connectivity index (χ2v) is 3.14. The van der Waals surface area contributed by atoms with Crippen LogP contribution in [0.5, 0.6) is 0 Å². The van der Waals surface area contributed by atoms with Crippen LogP contribution in [-0.4, -0.2) is 15.0 Å². The first-order valence-corrected chi connectivity index (χ1v) is 4.69. The molecule has 1 aromatic carbocycles. The van der Waals surface area contributed by atoms with Gasteiger partial charge in [0.05, 0.1) is 5.69 Å². The standard InChI is InChI=1S/C10H11FN4/c1-2-8-10(12)13-14-15(8)9-6-4-3-5-7(9)11/h3-6H,2,12H2,1H3. The monoisotopic (exact) mass is 206 g/mol. The number of benzene rings is 1. The van der Waals surface area contributed by atoms with Gasteiger partial charge in [0, 0.05) is 0 Å². The zero-order valence-electron chi connectivity index (χ0n) is 8.31. The van der Waals surface area contributed by atoms with Crippen LogP contribution in [0.15, 0.2) is 24.3 Å². The molecule has 78 valence electrons. The van der Waals surface area contributed by atoms with Crippen molar-refractivity contribution in [2.24, 2.45) is 0 Å². The van der Waals surface area contributed by atoms with Crippen molar-refractivity contribution in [2.45, 2.75) is 13.3 Å². The average Bonchev–Trinajstić information content (AvgIpc) is 2.60. The van der Waals surface area contributed by atoms with E-state index in [0.717, 1.165) is 5.69 Å². The summed E-state index contributed by atoms with van der Waals surface area (Å²) in [7, 11) is 0. The predicted octanol–water partition coefficient (Wildman–Crippen LogP) is 1.55. The number of para-hydroxylation sites is 1. The summed E-state index contributed by atoms with van der Waals surface area (Å²) >= 11 is 0. The van der Waals surface area contributed by atoms with Crippen LogP contribution < -0.4 is 5.73 Å².